The van der Waals surface area contributed by atoms with Crippen LogP contribution < -0.4 is 0 Å². The third-order valence-electron chi connectivity index (χ3n) is 3.44. The largest absolute Gasteiger partial charge is 0.302 e. The zero-order chi connectivity index (χ0) is 16.2. The molecule has 0 aliphatic carbocycles. The molecule has 0 unspecified atom stereocenters. The van der Waals surface area contributed by atoms with E-state index in [2.05, 4.69) is 21.7 Å². The Balaban J connectivity index is 1.82. The van der Waals surface area contributed by atoms with Gasteiger partial charge in [0.25, 0.3) is 0 Å². The van der Waals surface area contributed by atoms with Crippen molar-refractivity contribution in [2.24, 2.45) is 0 Å². The summed E-state index contributed by atoms with van der Waals surface area (Å²) < 4.78 is 2.11. The predicted molar refractivity (Wildman–Crippen MR) is 97.2 cm³/mol. The molecule has 6 heteroatoms. The van der Waals surface area contributed by atoms with E-state index in [1.807, 2.05) is 42.5 Å². The number of halogens is 2. The van der Waals surface area contributed by atoms with Gasteiger partial charge in [-0.1, -0.05) is 71.4 Å². The minimum atomic E-state index is 0.645. The summed E-state index contributed by atoms with van der Waals surface area (Å²) in [4.78, 5) is 0. The van der Waals surface area contributed by atoms with Crippen LogP contribution in [-0.4, -0.2) is 14.8 Å². The third kappa shape index (κ3) is 3.71. The van der Waals surface area contributed by atoms with Crippen LogP contribution in [0, 0.1) is 0 Å². The topological polar surface area (TPSA) is 30.7 Å². The summed E-state index contributed by atoms with van der Waals surface area (Å²) in [6.07, 6.45) is 0. The molecule has 0 spiro atoms. The van der Waals surface area contributed by atoms with Crippen molar-refractivity contribution in [3.05, 3.63) is 64.1 Å². The van der Waals surface area contributed by atoms with E-state index in [1.54, 1.807) is 17.8 Å². The van der Waals surface area contributed by atoms with Crippen LogP contribution in [0.3, 0.4) is 0 Å². The van der Waals surface area contributed by atoms with E-state index < -0.39 is 0 Å². The fraction of sp³-hybridized carbons (Fsp3) is 0.176. The first kappa shape index (κ1) is 16.4. The molecule has 3 rings (SSSR count). The number of thioether (sulfide) groups is 1. The molecule has 23 heavy (non-hydrogen) atoms. The lowest BCUT2D eigenvalue weighted by atomic mass is 10.2. The van der Waals surface area contributed by atoms with Crippen molar-refractivity contribution in [1.29, 1.82) is 0 Å². The van der Waals surface area contributed by atoms with E-state index in [0.29, 0.717) is 10.0 Å². The van der Waals surface area contributed by atoms with Crippen molar-refractivity contribution in [2.75, 3.05) is 0 Å². The molecule has 3 nitrogen and oxygen atoms in total. The molecule has 2 aromatic carbocycles. The summed E-state index contributed by atoms with van der Waals surface area (Å²) in [6.45, 7) is 2.91. The van der Waals surface area contributed by atoms with Crippen LogP contribution in [0.25, 0.3) is 11.4 Å². The zero-order valence-corrected chi connectivity index (χ0v) is 14.9. The van der Waals surface area contributed by atoms with E-state index in [1.165, 1.54) is 0 Å². The van der Waals surface area contributed by atoms with Crippen LogP contribution in [0.15, 0.2) is 53.7 Å². The van der Waals surface area contributed by atoms with Gasteiger partial charge in [-0.15, -0.1) is 10.2 Å². The second kappa shape index (κ2) is 7.39. The van der Waals surface area contributed by atoms with Crippen molar-refractivity contribution in [3.8, 4) is 11.4 Å². The fourth-order valence-electron chi connectivity index (χ4n) is 2.26. The monoisotopic (exact) mass is 363 g/mol. The van der Waals surface area contributed by atoms with Gasteiger partial charge in [0.2, 0.25) is 0 Å². The molecular weight excluding hydrogens is 349 g/mol. The first-order valence-electron chi connectivity index (χ1n) is 7.24. The number of hydrogen-bond donors (Lipinski definition) is 0. The highest BCUT2D eigenvalue weighted by atomic mass is 35.5. The van der Waals surface area contributed by atoms with Gasteiger partial charge in [0, 0.05) is 27.9 Å². The van der Waals surface area contributed by atoms with E-state index >= 15 is 0 Å². The first-order valence-corrected chi connectivity index (χ1v) is 8.98. The van der Waals surface area contributed by atoms with Crippen molar-refractivity contribution < 1.29 is 0 Å². The predicted octanol–water partition coefficient (Wildman–Crippen LogP) is 5.56. The van der Waals surface area contributed by atoms with E-state index in [0.717, 1.165) is 34.4 Å². The van der Waals surface area contributed by atoms with Gasteiger partial charge in [0.1, 0.15) is 0 Å². The molecule has 3 aromatic rings. The van der Waals surface area contributed by atoms with Crippen molar-refractivity contribution in [2.45, 2.75) is 24.4 Å². The van der Waals surface area contributed by atoms with Crippen LogP contribution in [0.5, 0.6) is 0 Å². The van der Waals surface area contributed by atoms with Crippen molar-refractivity contribution in [1.82, 2.24) is 14.8 Å². The Hall–Kier alpha value is -1.49. The lowest BCUT2D eigenvalue weighted by Gasteiger charge is -2.08. The van der Waals surface area contributed by atoms with Crippen LogP contribution in [0.4, 0.5) is 0 Å². The Morgan fingerprint density at radius 1 is 1.04 bits per heavy atom. The summed E-state index contributed by atoms with van der Waals surface area (Å²) in [5.74, 6) is 1.61. The molecule has 0 saturated carbocycles. The van der Waals surface area contributed by atoms with Crippen molar-refractivity contribution in [3.63, 3.8) is 0 Å². The third-order valence-corrected chi connectivity index (χ3v) is 5.04. The van der Waals surface area contributed by atoms with Crippen LogP contribution in [0.1, 0.15) is 12.5 Å². The fourth-order valence-corrected chi connectivity index (χ4v) is 3.82. The molecule has 0 fully saturated rings. The highest BCUT2D eigenvalue weighted by Gasteiger charge is 2.13. The maximum Gasteiger partial charge on any atom is 0.191 e. The number of rotatable bonds is 5. The number of aromatic nitrogens is 3. The Labute approximate surface area is 149 Å². The number of hydrogen-bond acceptors (Lipinski definition) is 3. The zero-order valence-electron chi connectivity index (χ0n) is 12.5. The number of benzene rings is 2. The van der Waals surface area contributed by atoms with Gasteiger partial charge in [0.05, 0.1) is 0 Å². The highest BCUT2D eigenvalue weighted by Crippen LogP contribution is 2.29. The molecular formula is C17H15Cl2N3S. The molecule has 118 valence electrons. The van der Waals surface area contributed by atoms with Gasteiger partial charge < -0.3 is 4.57 Å². The molecule has 0 aliphatic rings. The van der Waals surface area contributed by atoms with Gasteiger partial charge in [0.15, 0.2) is 11.0 Å². The maximum absolute atomic E-state index is 6.23. The molecule has 0 saturated heterocycles. The Bertz CT molecular complexity index is 803. The molecule has 1 heterocycles. The molecule has 0 amide bonds. The Morgan fingerprint density at radius 3 is 2.52 bits per heavy atom. The Kier molecular flexibility index (Phi) is 5.26. The summed E-state index contributed by atoms with van der Waals surface area (Å²) in [6, 6.07) is 15.6. The quantitative estimate of drug-likeness (QED) is 0.555. The second-order valence-corrected chi connectivity index (χ2v) is 6.73. The highest BCUT2D eigenvalue weighted by molar-refractivity contribution is 7.98. The van der Waals surface area contributed by atoms with Gasteiger partial charge in [-0.25, -0.2) is 0 Å². The van der Waals surface area contributed by atoms with E-state index in [9.17, 15) is 0 Å². The molecule has 0 N–H and O–H groups in total. The molecule has 0 bridgehead atoms. The van der Waals surface area contributed by atoms with Gasteiger partial charge >= 0.3 is 0 Å². The van der Waals surface area contributed by atoms with Gasteiger partial charge in [-0.2, -0.15) is 0 Å². The first-order chi connectivity index (χ1) is 11.2. The number of nitrogens with zero attached hydrogens (tertiary/aromatic N) is 3. The molecule has 1 aromatic heterocycles. The normalized spacial score (nSPS) is 10.9. The minimum Gasteiger partial charge on any atom is -0.302 e. The summed E-state index contributed by atoms with van der Waals surface area (Å²) >= 11 is 13.8. The van der Waals surface area contributed by atoms with Crippen LogP contribution in [0.2, 0.25) is 10.0 Å². The van der Waals surface area contributed by atoms with Crippen LogP contribution >= 0.6 is 35.0 Å². The lowest BCUT2D eigenvalue weighted by molar-refractivity contribution is 0.687. The van der Waals surface area contributed by atoms with E-state index in [-0.39, 0.29) is 0 Å². The smallest absolute Gasteiger partial charge is 0.191 e. The van der Waals surface area contributed by atoms with E-state index in [4.69, 9.17) is 23.2 Å². The second-order valence-electron chi connectivity index (χ2n) is 4.94. The average Bonchev–Trinajstić information content (AvgIpc) is 2.98. The molecule has 0 atom stereocenters. The Morgan fingerprint density at radius 2 is 1.83 bits per heavy atom. The lowest BCUT2D eigenvalue weighted by Crippen LogP contribution is -1.99. The summed E-state index contributed by atoms with van der Waals surface area (Å²) in [7, 11) is 0. The summed E-state index contributed by atoms with van der Waals surface area (Å²) in [5, 5.41) is 10.9. The van der Waals surface area contributed by atoms with Gasteiger partial charge in [-0.3, -0.25) is 0 Å². The molecule has 0 aliphatic heterocycles. The van der Waals surface area contributed by atoms with Crippen LogP contribution in [-0.2, 0) is 12.3 Å². The minimum absolute atomic E-state index is 0.645. The average molecular weight is 364 g/mol. The van der Waals surface area contributed by atoms with Crippen molar-refractivity contribution >= 4 is 35.0 Å². The SMILES string of the molecule is CCn1c(SCc2ccc(Cl)cc2Cl)nnc1-c1ccccc1. The standard InChI is InChI=1S/C17H15Cl2N3S/c1-2-22-16(12-6-4-3-5-7-12)20-21-17(22)23-11-13-8-9-14(18)10-15(13)19/h3-10H,2,11H2,1H3. The van der Waals surface area contributed by atoms with Gasteiger partial charge in [-0.05, 0) is 24.6 Å². The summed E-state index contributed by atoms with van der Waals surface area (Å²) in [5.41, 5.74) is 2.10. The maximum atomic E-state index is 6.23. The molecule has 0 radical (unpaired) electrons.